The Hall–Kier alpha value is -0.660. The number of carbonyl (C=O) groups excluding carboxylic acids is 2. The highest BCUT2D eigenvalue weighted by molar-refractivity contribution is 5.65. The fourth-order valence-electron chi connectivity index (χ4n) is 1.41. The Labute approximate surface area is 60.6 Å². The minimum atomic E-state index is -0.161. The molecule has 0 saturated heterocycles. The van der Waals surface area contributed by atoms with Gasteiger partial charge in [0.05, 0.1) is 0 Å². The van der Waals surface area contributed by atoms with Crippen LogP contribution in [0.15, 0.2) is 0 Å². The first-order chi connectivity index (χ1) is 4.88. The zero-order valence-corrected chi connectivity index (χ0v) is 5.80. The lowest BCUT2D eigenvalue weighted by molar-refractivity contribution is 0.347. The van der Waals surface area contributed by atoms with Gasteiger partial charge >= 0.3 is 0 Å². The molecule has 0 heterocycles. The summed E-state index contributed by atoms with van der Waals surface area (Å²) >= 11 is 0. The fraction of sp³-hybridized carbons (Fsp3) is 0.750. The molecule has 2 heteroatoms. The Morgan fingerprint density at radius 1 is 0.900 bits per heavy atom. The largest absolute Gasteiger partial charge is 0.291 e. The van der Waals surface area contributed by atoms with E-state index in [-0.39, 0.29) is 11.8 Å². The number of hydrogen-bond donors (Lipinski definition) is 0. The summed E-state index contributed by atoms with van der Waals surface area (Å²) in [5, 5.41) is 0. The van der Waals surface area contributed by atoms with E-state index in [2.05, 4.69) is 0 Å². The van der Waals surface area contributed by atoms with Crippen molar-refractivity contribution in [3.63, 3.8) is 0 Å². The van der Waals surface area contributed by atoms with Crippen LogP contribution < -0.4 is 0 Å². The highest BCUT2D eigenvalue weighted by atomic mass is 16.1. The Morgan fingerprint density at radius 2 is 1.30 bits per heavy atom. The summed E-state index contributed by atoms with van der Waals surface area (Å²) in [6.45, 7) is 0. The molecule has 2 atom stereocenters. The van der Waals surface area contributed by atoms with Crippen molar-refractivity contribution in [2.45, 2.75) is 25.7 Å². The maximum absolute atomic E-state index is 10.2. The van der Waals surface area contributed by atoms with Crippen molar-refractivity contribution in [2.75, 3.05) is 0 Å². The van der Waals surface area contributed by atoms with E-state index < -0.39 is 0 Å². The molecular formula is C8H10O2. The third-order valence-corrected chi connectivity index (χ3v) is 2.07. The van der Waals surface area contributed by atoms with Gasteiger partial charge in [0.15, 0.2) is 0 Å². The van der Waals surface area contributed by atoms with Gasteiger partial charge in [-0.2, -0.15) is 0 Å². The number of hydrogen-bond acceptors (Lipinski definition) is 2. The van der Waals surface area contributed by atoms with Crippen LogP contribution in [0.1, 0.15) is 25.7 Å². The molecule has 54 valence electrons. The van der Waals surface area contributed by atoms with E-state index in [1.54, 1.807) is 0 Å². The van der Waals surface area contributed by atoms with E-state index >= 15 is 0 Å². The van der Waals surface area contributed by atoms with Crippen LogP contribution in [0.3, 0.4) is 0 Å². The zero-order valence-electron chi connectivity index (χ0n) is 5.80. The molecule has 1 aliphatic carbocycles. The Bertz CT molecular complexity index is 115. The molecule has 1 saturated carbocycles. The van der Waals surface area contributed by atoms with E-state index in [0.717, 1.165) is 25.7 Å². The van der Waals surface area contributed by atoms with Crippen molar-refractivity contribution < 1.29 is 9.59 Å². The van der Waals surface area contributed by atoms with Gasteiger partial charge in [0.1, 0.15) is 0 Å². The summed E-state index contributed by atoms with van der Waals surface area (Å²) < 4.78 is 0. The zero-order chi connectivity index (χ0) is 7.40. The van der Waals surface area contributed by atoms with Crippen LogP contribution in [-0.4, -0.2) is 12.6 Å². The smallest absolute Gasteiger partial charge is 0.202 e. The molecule has 0 spiro atoms. The summed E-state index contributed by atoms with van der Waals surface area (Å²) in [5.74, 6) is -0.322. The Kier molecular flexibility index (Phi) is 2.60. The van der Waals surface area contributed by atoms with E-state index in [1.165, 1.54) is 0 Å². The fourth-order valence-corrected chi connectivity index (χ4v) is 1.41. The van der Waals surface area contributed by atoms with E-state index in [0.29, 0.717) is 0 Å². The first-order valence-electron chi connectivity index (χ1n) is 3.64. The average molecular weight is 138 g/mol. The average Bonchev–Trinajstić information content (AvgIpc) is 2.04. The van der Waals surface area contributed by atoms with Crippen LogP contribution in [-0.2, 0) is 9.59 Å². The first-order valence-corrected chi connectivity index (χ1v) is 3.64. The van der Waals surface area contributed by atoms with Gasteiger partial charge in [0, 0.05) is 11.8 Å². The third-order valence-electron chi connectivity index (χ3n) is 2.07. The first kappa shape index (κ1) is 7.45. The summed E-state index contributed by atoms with van der Waals surface area (Å²) in [6, 6.07) is 0. The molecule has 10 heavy (non-hydrogen) atoms. The molecule has 0 aliphatic heterocycles. The third kappa shape index (κ3) is 1.43. The monoisotopic (exact) mass is 138 g/mol. The molecule has 1 fully saturated rings. The van der Waals surface area contributed by atoms with Crippen LogP contribution >= 0.6 is 0 Å². The molecule has 0 aromatic heterocycles. The second kappa shape index (κ2) is 3.49. The molecule has 0 amide bonds. The quantitative estimate of drug-likeness (QED) is 0.570. The molecule has 1 aliphatic rings. The number of rotatable bonds is 2. The second-order valence-electron chi connectivity index (χ2n) is 2.73. The van der Waals surface area contributed by atoms with Gasteiger partial charge < -0.3 is 0 Å². The molecule has 0 aromatic rings. The van der Waals surface area contributed by atoms with Crippen molar-refractivity contribution in [2.24, 2.45) is 11.8 Å². The molecule has 1 rings (SSSR count). The summed E-state index contributed by atoms with van der Waals surface area (Å²) in [7, 11) is 0. The van der Waals surface area contributed by atoms with Crippen LogP contribution in [0.4, 0.5) is 0 Å². The van der Waals surface area contributed by atoms with Gasteiger partial charge in [-0.05, 0) is 12.8 Å². The topological polar surface area (TPSA) is 34.1 Å². The molecule has 0 bridgehead atoms. The lowest BCUT2D eigenvalue weighted by atomic mass is 9.81. The van der Waals surface area contributed by atoms with Crippen molar-refractivity contribution in [3.8, 4) is 0 Å². The summed E-state index contributed by atoms with van der Waals surface area (Å²) in [5.41, 5.74) is 0. The standard InChI is InChI=1S/C8H10O2/c9-5-7-3-1-2-4-8(7)6-10/h7-8H,1-4H2/t7-,8+. The minimum absolute atomic E-state index is 0.161. The normalized spacial score (nSPS) is 33.2. The van der Waals surface area contributed by atoms with Crippen LogP contribution in [0, 0.1) is 11.8 Å². The SMILES string of the molecule is O=[C][C@@H]1CCCC[C@@H]1[C]=O. The van der Waals surface area contributed by atoms with Crippen LogP contribution in [0.2, 0.25) is 0 Å². The molecule has 2 nitrogen and oxygen atoms in total. The Balaban J connectivity index is 2.49. The van der Waals surface area contributed by atoms with Crippen LogP contribution in [0.5, 0.6) is 0 Å². The maximum atomic E-state index is 10.2. The van der Waals surface area contributed by atoms with E-state index in [4.69, 9.17) is 0 Å². The molecule has 0 aromatic carbocycles. The second-order valence-corrected chi connectivity index (χ2v) is 2.73. The van der Waals surface area contributed by atoms with Gasteiger partial charge in [-0.3, -0.25) is 9.59 Å². The molecule has 0 unspecified atom stereocenters. The van der Waals surface area contributed by atoms with E-state index in [9.17, 15) is 9.59 Å². The van der Waals surface area contributed by atoms with Crippen molar-refractivity contribution in [1.29, 1.82) is 0 Å². The molecular weight excluding hydrogens is 128 g/mol. The Morgan fingerprint density at radius 3 is 1.60 bits per heavy atom. The van der Waals surface area contributed by atoms with E-state index in [1.807, 2.05) is 12.6 Å². The predicted octanol–water partition coefficient (Wildman–Crippen LogP) is 1.01. The van der Waals surface area contributed by atoms with Crippen LogP contribution in [0.25, 0.3) is 0 Å². The summed E-state index contributed by atoms with van der Waals surface area (Å²) in [6.07, 6.45) is 7.54. The predicted molar refractivity (Wildman–Crippen MR) is 36.8 cm³/mol. The highest BCUT2D eigenvalue weighted by Gasteiger charge is 2.25. The van der Waals surface area contributed by atoms with Gasteiger partial charge in [-0.25, -0.2) is 0 Å². The highest BCUT2D eigenvalue weighted by Crippen LogP contribution is 2.26. The lowest BCUT2D eigenvalue weighted by Crippen LogP contribution is -2.21. The molecule has 0 N–H and O–H groups in total. The maximum Gasteiger partial charge on any atom is 0.202 e. The van der Waals surface area contributed by atoms with Crippen molar-refractivity contribution in [1.82, 2.24) is 0 Å². The summed E-state index contributed by atoms with van der Waals surface area (Å²) in [4.78, 5) is 20.5. The van der Waals surface area contributed by atoms with Gasteiger partial charge in [-0.15, -0.1) is 0 Å². The van der Waals surface area contributed by atoms with Crippen molar-refractivity contribution in [3.05, 3.63) is 0 Å². The van der Waals surface area contributed by atoms with Gasteiger partial charge in [0.2, 0.25) is 12.6 Å². The van der Waals surface area contributed by atoms with Gasteiger partial charge in [-0.1, -0.05) is 12.8 Å². The lowest BCUT2D eigenvalue weighted by Gasteiger charge is -2.20. The van der Waals surface area contributed by atoms with Crippen molar-refractivity contribution >= 4 is 12.6 Å². The molecule has 2 radical (unpaired) electrons. The van der Waals surface area contributed by atoms with Gasteiger partial charge in [0.25, 0.3) is 0 Å². The minimum Gasteiger partial charge on any atom is -0.291 e.